The average Bonchev–Trinajstić information content (AvgIpc) is 2.83. The molecule has 2 aliphatic rings. The molecule has 0 saturated heterocycles. The van der Waals surface area contributed by atoms with Gasteiger partial charge in [-0.2, -0.15) is 10.2 Å². The van der Waals surface area contributed by atoms with Crippen LogP contribution in [0.2, 0.25) is 0 Å². The van der Waals surface area contributed by atoms with Gasteiger partial charge in [0.25, 0.3) is 18.5 Å². The Morgan fingerprint density at radius 3 is 2.45 bits per heavy atom. The maximum Gasteiger partial charge on any atom is 0.377 e. The molecule has 2 aliphatic heterocycles. The van der Waals surface area contributed by atoms with Crippen molar-refractivity contribution >= 4 is 46.4 Å². The maximum absolute atomic E-state index is 9.37. The number of hydrogen-bond acceptors (Lipinski definition) is 6. The summed E-state index contributed by atoms with van der Waals surface area (Å²) in [6.45, 7) is 7.31. The maximum atomic E-state index is 9.37. The molecule has 0 bridgehead atoms. The number of nitrogens with zero attached hydrogens (tertiary/aromatic N) is 6. The van der Waals surface area contributed by atoms with Gasteiger partial charge in [-0.05, 0) is 40.7 Å². The first-order chi connectivity index (χ1) is 15.3. The fourth-order valence-electron chi connectivity index (χ4n) is 4.35. The molecule has 6 rings (SSSR count). The standard InChI is InChI=1S/C23H11BN6O/c1-26-22-27-20(13-25)28-23(29-22)30-16-9-4-2-7-14(16)24-15-8-3-5-11-18(15)31-19-12-6-10-17(30)21(19)24/h2-12H. The molecule has 3 aromatic carbocycles. The molecule has 3 heterocycles. The largest absolute Gasteiger partial charge is 0.458 e. The van der Waals surface area contributed by atoms with Crippen molar-refractivity contribution in [1.29, 1.82) is 5.26 Å². The first-order valence-corrected chi connectivity index (χ1v) is 9.61. The number of fused-ring (bicyclic) bond motifs is 4. The van der Waals surface area contributed by atoms with Crippen LogP contribution in [-0.2, 0) is 0 Å². The Kier molecular flexibility index (Phi) is 3.56. The molecule has 142 valence electrons. The number of rotatable bonds is 1. The number of para-hydroxylation sites is 2. The third kappa shape index (κ3) is 2.43. The lowest BCUT2D eigenvalue weighted by molar-refractivity contribution is 0.487. The van der Waals surface area contributed by atoms with Gasteiger partial charge < -0.3 is 9.58 Å². The van der Waals surface area contributed by atoms with E-state index in [1.807, 2.05) is 65.6 Å². The lowest BCUT2D eigenvalue weighted by Gasteiger charge is -2.38. The van der Waals surface area contributed by atoms with Crippen molar-refractivity contribution in [2.45, 2.75) is 0 Å². The van der Waals surface area contributed by atoms with Gasteiger partial charge in [0, 0.05) is 11.4 Å². The van der Waals surface area contributed by atoms with Crippen LogP contribution < -0.4 is 26.0 Å². The predicted molar refractivity (Wildman–Crippen MR) is 117 cm³/mol. The highest BCUT2D eigenvalue weighted by Crippen LogP contribution is 2.39. The molecule has 4 aromatic rings. The van der Waals surface area contributed by atoms with Crippen LogP contribution in [0, 0.1) is 17.9 Å². The summed E-state index contributed by atoms with van der Waals surface area (Å²) in [5.74, 6) is 1.62. The van der Waals surface area contributed by atoms with E-state index in [0.717, 1.165) is 39.3 Å². The van der Waals surface area contributed by atoms with Crippen LogP contribution in [0.25, 0.3) is 4.85 Å². The molecule has 7 nitrogen and oxygen atoms in total. The topological polar surface area (TPSA) is 79.3 Å². The highest BCUT2D eigenvalue weighted by atomic mass is 16.5. The van der Waals surface area contributed by atoms with Gasteiger partial charge in [-0.15, -0.1) is 16.5 Å². The summed E-state index contributed by atoms with van der Waals surface area (Å²) >= 11 is 0. The fourth-order valence-corrected chi connectivity index (χ4v) is 4.35. The van der Waals surface area contributed by atoms with Gasteiger partial charge in [0.1, 0.15) is 11.5 Å². The molecule has 0 unspecified atom stereocenters. The highest BCUT2D eigenvalue weighted by Gasteiger charge is 2.42. The Morgan fingerprint density at radius 2 is 1.61 bits per heavy atom. The lowest BCUT2D eigenvalue weighted by Crippen LogP contribution is -2.59. The van der Waals surface area contributed by atoms with Gasteiger partial charge in [0.2, 0.25) is 0 Å². The number of benzene rings is 3. The molecule has 0 fully saturated rings. The second kappa shape index (κ2) is 6.41. The van der Waals surface area contributed by atoms with Crippen LogP contribution in [0.1, 0.15) is 5.82 Å². The second-order valence-electron chi connectivity index (χ2n) is 7.14. The molecule has 0 spiro atoms. The van der Waals surface area contributed by atoms with E-state index >= 15 is 0 Å². The minimum Gasteiger partial charge on any atom is -0.458 e. The van der Waals surface area contributed by atoms with Crippen LogP contribution in [0.15, 0.2) is 66.7 Å². The third-order valence-corrected chi connectivity index (χ3v) is 5.52. The lowest BCUT2D eigenvalue weighted by atomic mass is 9.34. The van der Waals surface area contributed by atoms with Crippen LogP contribution >= 0.6 is 0 Å². The Balaban J connectivity index is 1.68. The van der Waals surface area contributed by atoms with E-state index in [0.29, 0.717) is 0 Å². The zero-order valence-electron chi connectivity index (χ0n) is 16.0. The van der Waals surface area contributed by atoms with E-state index in [1.54, 1.807) is 0 Å². The quantitative estimate of drug-likeness (QED) is 0.313. The van der Waals surface area contributed by atoms with Crippen molar-refractivity contribution in [3.8, 4) is 17.6 Å². The van der Waals surface area contributed by atoms with Crippen LogP contribution in [0.3, 0.4) is 0 Å². The minimum atomic E-state index is -0.118. The Morgan fingerprint density at radius 1 is 0.871 bits per heavy atom. The first kappa shape index (κ1) is 17.2. The number of anilines is 3. The van der Waals surface area contributed by atoms with Crippen molar-refractivity contribution in [2.24, 2.45) is 0 Å². The summed E-state index contributed by atoms with van der Waals surface area (Å²) in [5, 5.41) is 9.37. The molecular weight excluding hydrogens is 387 g/mol. The van der Waals surface area contributed by atoms with Gasteiger partial charge in [0.15, 0.2) is 6.07 Å². The molecule has 1 aromatic heterocycles. The van der Waals surface area contributed by atoms with E-state index in [1.165, 1.54) is 0 Å². The Hall–Kier alpha value is -4.69. The molecule has 31 heavy (non-hydrogen) atoms. The minimum absolute atomic E-state index is 0.0128. The molecule has 0 aliphatic carbocycles. The van der Waals surface area contributed by atoms with E-state index in [4.69, 9.17) is 11.3 Å². The molecule has 8 heteroatoms. The summed E-state index contributed by atoms with van der Waals surface area (Å²) in [6.07, 6.45) is 0. The molecule has 0 radical (unpaired) electrons. The zero-order chi connectivity index (χ0) is 20.9. The van der Waals surface area contributed by atoms with Gasteiger partial charge in [-0.25, -0.2) is 0 Å². The summed E-state index contributed by atoms with van der Waals surface area (Å²) in [4.78, 5) is 17.7. The van der Waals surface area contributed by atoms with Crippen LogP contribution in [0.4, 0.5) is 23.3 Å². The van der Waals surface area contributed by atoms with Crippen molar-refractivity contribution in [2.75, 3.05) is 4.90 Å². The summed E-state index contributed by atoms with van der Waals surface area (Å²) in [6, 6.07) is 23.8. The van der Waals surface area contributed by atoms with E-state index in [2.05, 4.69) is 31.9 Å². The van der Waals surface area contributed by atoms with Crippen LogP contribution in [-0.4, -0.2) is 21.7 Å². The van der Waals surface area contributed by atoms with Gasteiger partial charge in [-0.1, -0.05) is 42.5 Å². The SMILES string of the molecule is [C-]#[N+]c1nc(C#N)nc(N2c3ccccc3B3c4ccccc4Oc4cccc2c43)n1. The molecule has 0 atom stereocenters. The normalized spacial score (nSPS) is 12.6. The number of aromatic nitrogens is 3. The first-order valence-electron chi connectivity index (χ1n) is 9.61. The molecular formula is C23H11BN6O. The van der Waals surface area contributed by atoms with Gasteiger partial charge >= 0.3 is 5.95 Å². The van der Waals surface area contributed by atoms with Crippen LogP contribution in [0.5, 0.6) is 11.5 Å². The number of ether oxygens (including phenoxy) is 1. The highest BCUT2D eigenvalue weighted by molar-refractivity contribution is 6.99. The smallest absolute Gasteiger partial charge is 0.377 e. The summed E-state index contributed by atoms with van der Waals surface area (Å²) in [5.41, 5.74) is 4.90. The second-order valence-corrected chi connectivity index (χ2v) is 7.14. The third-order valence-electron chi connectivity index (χ3n) is 5.52. The fraction of sp³-hybridized carbons (Fsp3) is 0. The molecule has 0 N–H and O–H groups in total. The summed E-state index contributed by atoms with van der Waals surface area (Å²) in [7, 11) is 0. The molecule has 0 saturated carbocycles. The number of nitriles is 1. The Labute approximate surface area is 178 Å². The molecule has 0 amide bonds. The summed E-state index contributed by atoms with van der Waals surface area (Å²) < 4.78 is 6.23. The van der Waals surface area contributed by atoms with Gasteiger partial charge in [-0.3, -0.25) is 4.90 Å². The monoisotopic (exact) mass is 398 g/mol. The van der Waals surface area contributed by atoms with Crippen molar-refractivity contribution in [3.63, 3.8) is 0 Å². The van der Waals surface area contributed by atoms with E-state index < -0.39 is 0 Å². The van der Waals surface area contributed by atoms with Crippen molar-refractivity contribution < 1.29 is 4.74 Å². The number of hydrogen-bond donors (Lipinski definition) is 0. The Bertz CT molecular complexity index is 1440. The van der Waals surface area contributed by atoms with Crippen molar-refractivity contribution in [1.82, 2.24) is 15.0 Å². The van der Waals surface area contributed by atoms with Gasteiger partial charge in [0.05, 0.1) is 0 Å². The van der Waals surface area contributed by atoms with E-state index in [9.17, 15) is 5.26 Å². The van der Waals surface area contributed by atoms with E-state index in [-0.39, 0.29) is 24.4 Å². The zero-order valence-corrected chi connectivity index (χ0v) is 16.0. The van der Waals surface area contributed by atoms with Crippen molar-refractivity contribution in [3.05, 3.63) is 84.0 Å². The predicted octanol–water partition coefficient (Wildman–Crippen LogP) is 2.70. The average molecular weight is 398 g/mol.